The van der Waals surface area contributed by atoms with Crippen LogP contribution in [-0.2, 0) is 4.74 Å². The summed E-state index contributed by atoms with van der Waals surface area (Å²) in [5, 5.41) is 0. The zero-order valence-electron chi connectivity index (χ0n) is 9.85. The molecule has 1 atom stereocenters. The summed E-state index contributed by atoms with van der Waals surface area (Å²) in [4.78, 5) is 0. The van der Waals surface area contributed by atoms with E-state index in [1.807, 2.05) is 0 Å². The van der Waals surface area contributed by atoms with Gasteiger partial charge in [-0.3, -0.25) is 0 Å². The van der Waals surface area contributed by atoms with Gasteiger partial charge in [0.2, 0.25) is 0 Å². The Morgan fingerprint density at radius 2 is 1.57 bits per heavy atom. The summed E-state index contributed by atoms with van der Waals surface area (Å²) in [6, 6.07) is 0. The summed E-state index contributed by atoms with van der Waals surface area (Å²) in [5.74, 6) is 0. The third-order valence-electron chi connectivity index (χ3n) is 1.24. The van der Waals surface area contributed by atoms with Gasteiger partial charge in [-0.15, -0.1) is 0 Å². The molecule has 0 saturated carbocycles. The third kappa shape index (κ3) is 29.8. The molecule has 0 radical (unpaired) electrons. The van der Waals surface area contributed by atoms with E-state index in [2.05, 4.69) is 6.92 Å². The maximum atomic E-state index is 12.2. The normalized spacial score (nSPS) is 12.2. The first-order valence-electron chi connectivity index (χ1n) is 5.36. The van der Waals surface area contributed by atoms with Crippen molar-refractivity contribution in [3.63, 3.8) is 0 Å². The highest BCUT2D eigenvalue weighted by Gasteiger charge is 1.96. The fourth-order valence-corrected chi connectivity index (χ4v) is 0.713. The van der Waals surface area contributed by atoms with Crippen LogP contribution >= 0.6 is 0 Å². The first-order chi connectivity index (χ1) is 6.50. The molecule has 0 saturated heterocycles. The monoisotopic (exact) mass is 210 g/mol. The van der Waals surface area contributed by atoms with E-state index in [1.54, 1.807) is 6.92 Å². The van der Waals surface area contributed by atoms with Gasteiger partial charge in [-0.05, 0) is 40.0 Å². The predicted octanol–water partition coefficient (Wildman–Crippen LogP) is 3.92. The summed E-state index contributed by atoms with van der Waals surface area (Å²) in [6.45, 7) is 8.17. The molecule has 0 aliphatic carbocycles. The van der Waals surface area contributed by atoms with E-state index in [0.717, 1.165) is 19.4 Å². The first kappa shape index (κ1) is 16.3. The minimum absolute atomic E-state index is 0.629. The van der Waals surface area contributed by atoms with Crippen molar-refractivity contribution < 1.29 is 13.5 Å². The van der Waals surface area contributed by atoms with Crippen LogP contribution in [0.15, 0.2) is 0 Å². The lowest BCUT2D eigenvalue weighted by Crippen LogP contribution is -1.99. The third-order valence-corrected chi connectivity index (χ3v) is 1.24. The second kappa shape index (κ2) is 12.8. The fourth-order valence-electron chi connectivity index (χ4n) is 0.713. The topological polar surface area (TPSA) is 9.23 Å². The van der Waals surface area contributed by atoms with Crippen LogP contribution in [0.25, 0.3) is 0 Å². The molecular weight excluding hydrogens is 186 g/mol. The van der Waals surface area contributed by atoms with Crippen molar-refractivity contribution in [3.8, 4) is 0 Å². The molecule has 0 rings (SSSR count). The Labute approximate surface area is 86.8 Å². The molecule has 1 nitrogen and oxygen atoms in total. The standard InChI is InChI=1S/C8H17FO.C3H7F/c1-3-6-10-7-4-5-8(2)9;1-3(2)4/h8H,3-7H2,1-2H3;3H,1-2H3. The van der Waals surface area contributed by atoms with E-state index >= 15 is 0 Å². The molecule has 3 heteroatoms. The molecule has 0 spiro atoms. The maximum Gasteiger partial charge on any atom is 0.0974 e. The second-order valence-corrected chi connectivity index (χ2v) is 3.55. The second-order valence-electron chi connectivity index (χ2n) is 3.55. The SMILES string of the molecule is CC(C)F.CCCOCCCC(C)F. The van der Waals surface area contributed by atoms with Crippen LogP contribution in [-0.4, -0.2) is 25.6 Å². The maximum absolute atomic E-state index is 12.2. The Morgan fingerprint density at radius 3 is 1.93 bits per heavy atom. The Hall–Kier alpha value is -0.180. The van der Waals surface area contributed by atoms with E-state index in [0.29, 0.717) is 13.0 Å². The fraction of sp³-hybridized carbons (Fsp3) is 1.00. The largest absolute Gasteiger partial charge is 0.381 e. The zero-order valence-corrected chi connectivity index (χ0v) is 9.85. The molecule has 0 aliphatic heterocycles. The van der Waals surface area contributed by atoms with Gasteiger partial charge in [0, 0.05) is 13.2 Å². The summed E-state index contributed by atoms with van der Waals surface area (Å²) >= 11 is 0. The Morgan fingerprint density at radius 1 is 1.07 bits per heavy atom. The van der Waals surface area contributed by atoms with Crippen LogP contribution in [0, 0.1) is 0 Å². The number of hydrogen-bond donors (Lipinski definition) is 0. The summed E-state index contributed by atoms with van der Waals surface area (Å²) in [6.07, 6.45) is 1.18. The van der Waals surface area contributed by atoms with Gasteiger partial charge in [-0.25, -0.2) is 8.78 Å². The summed E-state index contributed by atoms with van der Waals surface area (Å²) < 4.78 is 28.3. The van der Waals surface area contributed by atoms with Gasteiger partial charge in [0.25, 0.3) is 0 Å². The van der Waals surface area contributed by atoms with Gasteiger partial charge in [-0.2, -0.15) is 0 Å². The van der Waals surface area contributed by atoms with Crippen molar-refractivity contribution in [1.29, 1.82) is 0 Å². The summed E-state index contributed by atoms with van der Waals surface area (Å²) in [7, 11) is 0. The van der Waals surface area contributed by atoms with Gasteiger partial charge in [-0.1, -0.05) is 6.92 Å². The average Bonchev–Trinajstić information content (AvgIpc) is 2.02. The number of hydrogen-bond acceptors (Lipinski definition) is 1. The van der Waals surface area contributed by atoms with Crippen LogP contribution in [0.3, 0.4) is 0 Å². The summed E-state index contributed by atoms with van der Waals surface area (Å²) in [5.41, 5.74) is 0. The van der Waals surface area contributed by atoms with Crippen LogP contribution < -0.4 is 0 Å². The lowest BCUT2D eigenvalue weighted by Gasteiger charge is -2.02. The number of halogens is 2. The molecule has 88 valence electrons. The lowest BCUT2D eigenvalue weighted by atomic mass is 10.2. The number of alkyl halides is 2. The van der Waals surface area contributed by atoms with Crippen molar-refractivity contribution in [1.82, 2.24) is 0 Å². The quantitative estimate of drug-likeness (QED) is 0.604. The van der Waals surface area contributed by atoms with Crippen LogP contribution in [0.1, 0.15) is 47.0 Å². The molecule has 0 aromatic carbocycles. The van der Waals surface area contributed by atoms with E-state index < -0.39 is 12.3 Å². The van der Waals surface area contributed by atoms with Crippen molar-refractivity contribution in [2.45, 2.75) is 59.3 Å². The van der Waals surface area contributed by atoms with Crippen molar-refractivity contribution >= 4 is 0 Å². The van der Waals surface area contributed by atoms with E-state index in [9.17, 15) is 8.78 Å². The number of ether oxygens (including phenoxy) is 1. The molecule has 0 aliphatic rings. The Bertz CT molecular complexity index is 92.5. The van der Waals surface area contributed by atoms with Gasteiger partial charge < -0.3 is 4.74 Å². The van der Waals surface area contributed by atoms with Crippen LogP contribution in [0.5, 0.6) is 0 Å². The molecule has 0 bridgehead atoms. The van der Waals surface area contributed by atoms with Crippen molar-refractivity contribution in [2.75, 3.05) is 13.2 Å². The van der Waals surface area contributed by atoms with E-state index in [4.69, 9.17) is 4.74 Å². The zero-order chi connectivity index (χ0) is 11.4. The van der Waals surface area contributed by atoms with Crippen molar-refractivity contribution in [3.05, 3.63) is 0 Å². The van der Waals surface area contributed by atoms with Crippen LogP contribution in [0.4, 0.5) is 8.78 Å². The van der Waals surface area contributed by atoms with Crippen LogP contribution in [0.2, 0.25) is 0 Å². The van der Waals surface area contributed by atoms with Gasteiger partial charge in [0.1, 0.15) is 0 Å². The van der Waals surface area contributed by atoms with E-state index in [-0.39, 0.29) is 0 Å². The number of rotatable bonds is 6. The Kier molecular flexibility index (Phi) is 14.9. The average molecular weight is 210 g/mol. The highest BCUT2D eigenvalue weighted by molar-refractivity contribution is 4.46. The van der Waals surface area contributed by atoms with E-state index in [1.165, 1.54) is 13.8 Å². The van der Waals surface area contributed by atoms with Crippen molar-refractivity contribution in [2.24, 2.45) is 0 Å². The first-order valence-corrected chi connectivity index (χ1v) is 5.36. The highest BCUT2D eigenvalue weighted by atomic mass is 19.1. The van der Waals surface area contributed by atoms with Gasteiger partial charge in [0.15, 0.2) is 0 Å². The van der Waals surface area contributed by atoms with Gasteiger partial charge in [0.05, 0.1) is 12.3 Å². The molecule has 0 aromatic heterocycles. The van der Waals surface area contributed by atoms with Gasteiger partial charge >= 0.3 is 0 Å². The molecule has 0 aromatic rings. The minimum Gasteiger partial charge on any atom is -0.381 e. The molecule has 0 heterocycles. The molecule has 14 heavy (non-hydrogen) atoms. The lowest BCUT2D eigenvalue weighted by molar-refractivity contribution is 0.125. The molecule has 1 unspecified atom stereocenters. The Balaban J connectivity index is 0. The predicted molar refractivity (Wildman–Crippen MR) is 57.2 cm³/mol. The smallest absolute Gasteiger partial charge is 0.0974 e. The molecule has 0 fully saturated rings. The molecular formula is C11H24F2O. The molecule has 0 amide bonds. The highest BCUT2D eigenvalue weighted by Crippen LogP contribution is 2.00. The molecule has 0 N–H and O–H groups in total. The minimum atomic E-state index is -0.676.